The van der Waals surface area contributed by atoms with Crippen molar-refractivity contribution in [2.75, 3.05) is 7.11 Å². The largest absolute Gasteiger partial charge is 0.497 e. The first-order chi connectivity index (χ1) is 14.0. The Labute approximate surface area is 173 Å². The van der Waals surface area contributed by atoms with Crippen LogP contribution in [-0.4, -0.2) is 18.0 Å². The topological polar surface area (TPSA) is 50.4 Å². The van der Waals surface area contributed by atoms with Crippen molar-refractivity contribution in [2.45, 2.75) is 13.0 Å². The molecule has 0 aliphatic carbocycles. The lowest BCUT2D eigenvalue weighted by molar-refractivity contribution is -0.113. The number of carbonyl (C=O) groups is 1. The second-order valence-corrected chi connectivity index (χ2v) is 7.26. The number of fused-ring (bicyclic) bond motifs is 1. The van der Waals surface area contributed by atoms with Gasteiger partial charge in [-0.15, -0.1) is 0 Å². The van der Waals surface area contributed by atoms with E-state index in [1.807, 2.05) is 36.4 Å². The third kappa shape index (κ3) is 3.71. The van der Waals surface area contributed by atoms with E-state index in [9.17, 15) is 9.18 Å². The molecule has 1 heterocycles. The van der Waals surface area contributed by atoms with Crippen molar-refractivity contribution in [3.8, 4) is 5.75 Å². The predicted octanol–water partition coefficient (Wildman–Crippen LogP) is 4.51. The minimum Gasteiger partial charge on any atom is -0.497 e. The first kappa shape index (κ1) is 19.1. The highest BCUT2D eigenvalue weighted by Gasteiger charge is 2.30. The average Bonchev–Trinajstić information content (AvgIpc) is 2.72. The van der Waals surface area contributed by atoms with E-state index in [4.69, 9.17) is 17.0 Å². The Hall–Kier alpha value is -3.25. The molecular formula is C23H19FN2O2S. The third-order valence-corrected chi connectivity index (χ3v) is 5.21. The monoisotopic (exact) mass is 406 g/mol. The van der Waals surface area contributed by atoms with Gasteiger partial charge in [-0.2, -0.15) is 0 Å². The molecule has 146 valence electrons. The average molecular weight is 406 g/mol. The van der Waals surface area contributed by atoms with Crippen molar-refractivity contribution in [3.63, 3.8) is 0 Å². The first-order valence-electron chi connectivity index (χ1n) is 9.12. The molecule has 3 aromatic carbocycles. The van der Waals surface area contributed by atoms with Gasteiger partial charge in [-0.05, 0) is 83.5 Å². The normalized spacial score (nSPS) is 16.4. The van der Waals surface area contributed by atoms with E-state index in [2.05, 4.69) is 10.6 Å². The minimum atomic E-state index is -0.409. The number of halogens is 1. The van der Waals surface area contributed by atoms with Crippen LogP contribution in [0.4, 0.5) is 4.39 Å². The molecule has 1 atom stereocenters. The summed E-state index contributed by atoms with van der Waals surface area (Å²) in [4.78, 5) is 12.6. The molecule has 0 saturated carbocycles. The van der Waals surface area contributed by atoms with Crippen molar-refractivity contribution < 1.29 is 13.9 Å². The molecule has 2 N–H and O–H groups in total. The van der Waals surface area contributed by atoms with Crippen LogP contribution in [0.25, 0.3) is 16.5 Å². The van der Waals surface area contributed by atoms with E-state index in [0.717, 1.165) is 22.1 Å². The lowest BCUT2D eigenvalue weighted by atomic mass is 9.89. The Morgan fingerprint density at radius 3 is 2.41 bits per heavy atom. The fraction of sp³-hybridized carbons (Fsp3) is 0.130. The molecule has 0 radical (unpaired) electrons. The van der Waals surface area contributed by atoms with Gasteiger partial charge in [0.2, 0.25) is 0 Å². The van der Waals surface area contributed by atoms with E-state index in [0.29, 0.717) is 21.9 Å². The number of hydrogen-bond donors (Lipinski definition) is 2. The SMILES string of the molecule is COc1ccc2cc([C@@H]3NC(=S)NC(c4ccc(F)cc4)=C3C(C)=O)ccc2c1. The molecule has 0 saturated heterocycles. The second kappa shape index (κ2) is 7.64. The van der Waals surface area contributed by atoms with E-state index in [1.165, 1.54) is 19.1 Å². The molecule has 0 fully saturated rings. The van der Waals surface area contributed by atoms with Gasteiger partial charge in [-0.1, -0.05) is 18.2 Å². The van der Waals surface area contributed by atoms with Gasteiger partial charge in [0, 0.05) is 5.57 Å². The van der Waals surface area contributed by atoms with Crippen LogP contribution in [0.2, 0.25) is 0 Å². The van der Waals surface area contributed by atoms with Crippen LogP contribution in [0.15, 0.2) is 66.2 Å². The number of thiocarbonyl (C=S) groups is 1. The Morgan fingerprint density at radius 1 is 1.03 bits per heavy atom. The van der Waals surface area contributed by atoms with Gasteiger partial charge < -0.3 is 15.4 Å². The van der Waals surface area contributed by atoms with Gasteiger partial charge in [0.05, 0.1) is 18.8 Å². The maximum Gasteiger partial charge on any atom is 0.171 e. The molecule has 0 amide bonds. The zero-order valence-corrected chi connectivity index (χ0v) is 16.8. The van der Waals surface area contributed by atoms with Gasteiger partial charge >= 0.3 is 0 Å². The molecule has 4 nitrogen and oxygen atoms in total. The molecule has 0 unspecified atom stereocenters. The highest BCUT2D eigenvalue weighted by Crippen LogP contribution is 2.33. The Kier molecular flexibility index (Phi) is 5.03. The van der Waals surface area contributed by atoms with E-state index in [1.54, 1.807) is 19.2 Å². The van der Waals surface area contributed by atoms with Crippen molar-refractivity contribution in [2.24, 2.45) is 0 Å². The number of methoxy groups -OCH3 is 1. The summed E-state index contributed by atoms with van der Waals surface area (Å²) in [6.45, 7) is 1.52. The maximum absolute atomic E-state index is 13.4. The molecule has 29 heavy (non-hydrogen) atoms. The van der Waals surface area contributed by atoms with E-state index in [-0.39, 0.29) is 11.6 Å². The highest BCUT2D eigenvalue weighted by atomic mass is 32.1. The van der Waals surface area contributed by atoms with Gasteiger partial charge in [0.15, 0.2) is 10.9 Å². The molecular weight excluding hydrogens is 387 g/mol. The summed E-state index contributed by atoms with van der Waals surface area (Å²) >= 11 is 5.40. The minimum absolute atomic E-state index is 0.0911. The predicted molar refractivity (Wildman–Crippen MR) is 116 cm³/mol. The Balaban J connectivity index is 1.85. The molecule has 3 aromatic rings. The summed E-state index contributed by atoms with van der Waals surface area (Å²) in [7, 11) is 1.64. The third-order valence-electron chi connectivity index (χ3n) is 4.99. The maximum atomic E-state index is 13.4. The van der Waals surface area contributed by atoms with Crippen LogP contribution < -0.4 is 15.4 Å². The number of Topliss-reactive ketones (excluding diaryl/α,β-unsaturated/α-hetero) is 1. The van der Waals surface area contributed by atoms with Gasteiger partial charge in [0.1, 0.15) is 11.6 Å². The summed E-state index contributed by atoms with van der Waals surface area (Å²) in [6.07, 6.45) is 0. The number of nitrogens with one attached hydrogen (secondary N) is 2. The van der Waals surface area contributed by atoms with Gasteiger partial charge in [-0.25, -0.2) is 4.39 Å². The van der Waals surface area contributed by atoms with Crippen molar-refractivity contribution in [1.29, 1.82) is 0 Å². The molecule has 1 aliphatic heterocycles. The quantitative estimate of drug-likeness (QED) is 0.625. The van der Waals surface area contributed by atoms with E-state index < -0.39 is 6.04 Å². The first-order valence-corrected chi connectivity index (χ1v) is 9.53. The molecule has 0 bridgehead atoms. The number of ketones is 1. The van der Waals surface area contributed by atoms with Crippen LogP contribution in [0.1, 0.15) is 24.1 Å². The standard InChI is InChI=1S/C23H19FN2O2S/c1-13(27)20-21(14-5-8-18(24)9-6-14)25-23(29)26-22(20)17-4-3-16-12-19(28-2)10-7-15(16)11-17/h3-12,22H,1-2H3,(H2,25,26,29)/t22-/m0/s1. The van der Waals surface area contributed by atoms with Crippen LogP contribution >= 0.6 is 12.2 Å². The molecule has 4 rings (SSSR count). The molecule has 6 heteroatoms. The zero-order chi connectivity index (χ0) is 20.5. The zero-order valence-electron chi connectivity index (χ0n) is 16.0. The Morgan fingerprint density at radius 2 is 1.72 bits per heavy atom. The fourth-order valence-corrected chi connectivity index (χ4v) is 3.81. The number of rotatable bonds is 4. The fourth-order valence-electron chi connectivity index (χ4n) is 3.59. The van der Waals surface area contributed by atoms with Crippen LogP contribution in [0, 0.1) is 5.82 Å². The number of hydrogen-bond acceptors (Lipinski definition) is 3. The van der Waals surface area contributed by atoms with E-state index >= 15 is 0 Å². The van der Waals surface area contributed by atoms with Crippen molar-refractivity contribution in [3.05, 3.63) is 83.2 Å². The van der Waals surface area contributed by atoms with Crippen molar-refractivity contribution >= 4 is 39.6 Å². The van der Waals surface area contributed by atoms with Gasteiger partial charge in [-0.3, -0.25) is 4.79 Å². The lowest BCUT2D eigenvalue weighted by Gasteiger charge is -2.31. The molecule has 1 aliphatic rings. The second-order valence-electron chi connectivity index (χ2n) is 6.86. The van der Waals surface area contributed by atoms with Crippen LogP contribution in [0.3, 0.4) is 0 Å². The summed E-state index contributed by atoms with van der Waals surface area (Å²) in [5.41, 5.74) is 2.77. The Bertz CT molecular complexity index is 1160. The lowest BCUT2D eigenvalue weighted by Crippen LogP contribution is -2.44. The van der Waals surface area contributed by atoms with Crippen molar-refractivity contribution in [1.82, 2.24) is 10.6 Å². The molecule has 0 aromatic heterocycles. The smallest absolute Gasteiger partial charge is 0.171 e. The van der Waals surface area contributed by atoms with Gasteiger partial charge in [0.25, 0.3) is 0 Å². The number of carbonyl (C=O) groups excluding carboxylic acids is 1. The highest BCUT2D eigenvalue weighted by molar-refractivity contribution is 7.80. The summed E-state index contributed by atoms with van der Waals surface area (Å²) in [5.74, 6) is 0.359. The van der Waals surface area contributed by atoms with Crippen LogP contribution in [-0.2, 0) is 4.79 Å². The summed E-state index contributed by atoms with van der Waals surface area (Å²) < 4.78 is 18.7. The number of benzene rings is 3. The number of ether oxygens (including phenoxy) is 1. The molecule has 0 spiro atoms. The summed E-state index contributed by atoms with van der Waals surface area (Å²) in [6, 6.07) is 17.4. The van der Waals surface area contributed by atoms with Crippen LogP contribution in [0.5, 0.6) is 5.75 Å². The summed E-state index contributed by atoms with van der Waals surface area (Å²) in [5, 5.41) is 8.76.